The monoisotopic (exact) mass is 408 g/mol. The van der Waals surface area contributed by atoms with E-state index in [1.54, 1.807) is 31.2 Å². The summed E-state index contributed by atoms with van der Waals surface area (Å²) < 4.78 is 27.2. The van der Waals surface area contributed by atoms with Gasteiger partial charge in [0.2, 0.25) is 15.3 Å². The van der Waals surface area contributed by atoms with Crippen LogP contribution in [0.1, 0.15) is 23.0 Å². The Kier molecular flexibility index (Phi) is 5.07. The van der Waals surface area contributed by atoms with Gasteiger partial charge in [0, 0.05) is 18.6 Å². The number of rotatable bonds is 6. The average Bonchev–Trinajstić information content (AvgIpc) is 2.99. The quantitative estimate of drug-likeness (QED) is 0.628. The largest absolute Gasteiger partial charge is 0.477 e. The average molecular weight is 409 g/mol. The van der Waals surface area contributed by atoms with Crippen LogP contribution >= 0.6 is 11.6 Å². The fourth-order valence-corrected chi connectivity index (χ4v) is 3.82. The number of nitrogens with zero attached hydrogens (tertiary/aromatic N) is 4. The highest BCUT2D eigenvalue weighted by atomic mass is 35.5. The maximum atomic E-state index is 12.3. The molecule has 0 fully saturated rings. The van der Waals surface area contributed by atoms with Crippen LogP contribution in [0.25, 0.3) is 11.0 Å². The fourth-order valence-electron chi connectivity index (χ4n) is 2.82. The molecule has 0 saturated heterocycles. The van der Waals surface area contributed by atoms with Crippen LogP contribution in [0.5, 0.6) is 0 Å². The van der Waals surface area contributed by atoms with Crippen LogP contribution in [-0.2, 0) is 16.6 Å². The van der Waals surface area contributed by atoms with Crippen molar-refractivity contribution in [1.82, 2.24) is 14.5 Å². The van der Waals surface area contributed by atoms with Gasteiger partial charge in [-0.2, -0.15) is 4.98 Å². The lowest BCUT2D eigenvalue weighted by molar-refractivity contribution is 0.0686. The first-order valence-electron chi connectivity index (χ1n) is 8.04. The number of hydrogen-bond acceptors (Lipinski definition) is 5. The second-order valence-electron chi connectivity index (χ2n) is 5.84. The lowest BCUT2D eigenvalue weighted by atomic mass is 10.1. The number of aromatic nitrogens is 3. The minimum absolute atomic E-state index is 0.00208. The number of carboxylic acid groups (broad SMARTS) is 1. The molecule has 3 rings (SSSR count). The third-order valence-electron chi connectivity index (χ3n) is 4.27. The number of anilines is 1. The van der Waals surface area contributed by atoms with E-state index in [0.29, 0.717) is 22.3 Å². The predicted molar refractivity (Wildman–Crippen MR) is 103 cm³/mol. The van der Waals surface area contributed by atoms with Gasteiger partial charge in [-0.15, -0.1) is 0 Å². The van der Waals surface area contributed by atoms with Crippen molar-refractivity contribution in [1.29, 1.82) is 0 Å². The van der Waals surface area contributed by atoms with Crippen molar-refractivity contribution >= 4 is 44.3 Å². The van der Waals surface area contributed by atoms with Crippen LogP contribution in [0.2, 0.25) is 5.28 Å². The third-order valence-corrected chi connectivity index (χ3v) is 6.21. The van der Waals surface area contributed by atoms with Crippen molar-refractivity contribution < 1.29 is 18.3 Å². The minimum atomic E-state index is -3.47. The van der Waals surface area contributed by atoms with Gasteiger partial charge in [0.25, 0.3) is 0 Å². The van der Waals surface area contributed by atoms with Crippen molar-refractivity contribution in [2.45, 2.75) is 13.5 Å². The van der Waals surface area contributed by atoms with Gasteiger partial charge in [0.05, 0.1) is 18.0 Å². The summed E-state index contributed by atoms with van der Waals surface area (Å²) in [4.78, 5) is 19.7. The zero-order valence-electron chi connectivity index (χ0n) is 14.6. The highest BCUT2D eigenvalue weighted by Gasteiger charge is 2.21. The summed E-state index contributed by atoms with van der Waals surface area (Å²) in [6, 6.07) is 8.38. The van der Waals surface area contributed by atoms with Crippen LogP contribution in [0.3, 0.4) is 0 Å². The highest BCUT2D eigenvalue weighted by Crippen LogP contribution is 2.26. The molecule has 2 aromatic heterocycles. The topological polar surface area (TPSA) is 105 Å². The molecule has 8 nitrogen and oxygen atoms in total. The number of halogens is 1. The second-order valence-corrected chi connectivity index (χ2v) is 8.46. The number of carbonyl (C=O) groups is 1. The zero-order chi connectivity index (χ0) is 19.8. The molecule has 1 N–H and O–H groups in total. The molecule has 2 heterocycles. The van der Waals surface area contributed by atoms with Gasteiger partial charge in [-0.1, -0.05) is 18.2 Å². The van der Waals surface area contributed by atoms with Crippen LogP contribution in [0, 0.1) is 0 Å². The number of sulfonamides is 1. The fraction of sp³-hybridized carbons (Fsp3) is 0.235. The Morgan fingerprint density at radius 3 is 2.70 bits per heavy atom. The van der Waals surface area contributed by atoms with Crippen LogP contribution in [-0.4, -0.2) is 46.8 Å². The van der Waals surface area contributed by atoms with Gasteiger partial charge >= 0.3 is 5.97 Å². The number of fused-ring (bicyclic) bond motifs is 1. The van der Waals surface area contributed by atoms with Gasteiger partial charge in [-0.3, -0.25) is 4.31 Å². The van der Waals surface area contributed by atoms with Crippen molar-refractivity contribution in [3.8, 4) is 0 Å². The van der Waals surface area contributed by atoms with E-state index in [4.69, 9.17) is 11.6 Å². The maximum absolute atomic E-state index is 12.3. The molecule has 0 aliphatic heterocycles. The van der Waals surface area contributed by atoms with E-state index in [1.807, 2.05) is 0 Å². The summed E-state index contributed by atoms with van der Waals surface area (Å²) in [5.74, 6) is -1.18. The van der Waals surface area contributed by atoms with Crippen molar-refractivity contribution in [2.75, 3.05) is 17.1 Å². The van der Waals surface area contributed by atoms with Crippen molar-refractivity contribution in [2.24, 2.45) is 0 Å². The molecule has 0 aliphatic rings. The van der Waals surface area contributed by atoms with Gasteiger partial charge in [0.1, 0.15) is 11.3 Å². The minimum Gasteiger partial charge on any atom is -0.477 e. The van der Waals surface area contributed by atoms with Crippen LogP contribution < -0.4 is 4.31 Å². The Morgan fingerprint density at radius 2 is 2.04 bits per heavy atom. The predicted octanol–water partition coefficient (Wildman–Crippen LogP) is 2.62. The van der Waals surface area contributed by atoms with Gasteiger partial charge in [0.15, 0.2) is 0 Å². The molecule has 0 aliphatic carbocycles. The summed E-state index contributed by atoms with van der Waals surface area (Å²) >= 11 is 5.87. The Morgan fingerprint density at radius 1 is 1.33 bits per heavy atom. The summed E-state index contributed by atoms with van der Waals surface area (Å²) in [6.07, 6.45) is 1.45. The molecule has 10 heteroatoms. The molecule has 0 atom stereocenters. The van der Waals surface area contributed by atoms with Gasteiger partial charge < -0.3 is 9.67 Å². The smallest absolute Gasteiger partial charge is 0.352 e. The van der Waals surface area contributed by atoms with E-state index in [1.165, 1.54) is 28.2 Å². The van der Waals surface area contributed by atoms with Crippen LogP contribution in [0.4, 0.5) is 5.69 Å². The molecule has 0 bridgehead atoms. The SMILES string of the molecule is CCS(=O)(=O)N(C)c1ccccc1Cn1c(C(=O)O)cc2cnc(Cl)nc21. The molecule has 142 valence electrons. The van der Waals surface area contributed by atoms with E-state index >= 15 is 0 Å². The first-order chi connectivity index (χ1) is 12.7. The molecule has 1 aromatic carbocycles. The van der Waals surface area contributed by atoms with E-state index in [-0.39, 0.29) is 23.3 Å². The van der Waals surface area contributed by atoms with Crippen molar-refractivity contribution in [3.05, 3.63) is 53.1 Å². The zero-order valence-corrected chi connectivity index (χ0v) is 16.2. The normalized spacial score (nSPS) is 11.7. The molecule has 0 saturated carbocycles. The number of carboxylic acids is 1. The lowest BCUT2D eigenvalue weighted by Crippen LogP contribution is -2.29. The first kappa shape index (κ1) is 19.1. The van der Waals surface area contributed by atoms with Gasteiger partial charge in [-0.05, 0) is 36.2 Å². The first-order valence-corrected chi connectivity index (χ1v) is 10.0. The molecule has 27 heavy (non-hydrogen) atoms. The molecule has 3 aromatic rings. The number of hydrogen-bond donors (Lipinski definition) is 1. The van der Waals surface area contributed by atoms with E-state index < -0.39 is 16.0 Å². The maximum Gasteiger partial charge on any atom is 0.352 e. The summed E-state index contributed by atoms with van der Waals surface area (Å²) in [5.41, 5.74) is 1.48. The Hall–Kier alpha value is -2.65. The molecule has 0 amide bonds. The van der Waals surface area contributed by atoms with E-state index in [9.17, 15) is 18.3 Å². The lowest BCUT2D eigenvalue weighted by Gasteiger charge is -2.22. The number of para-hydroxylation sites is 1. The van der Waals surface area contributed by atoms with E-state index in [2.05, 4.69) is 9.97 Å². The second kappa shape index (κ2) is 7.16. The van der Waals surface area contributed by atoms with Crippen molar-refractivity contribution in [3.63, 3.8) is 0 Å². The molecular weight excluding hydrogens is 392 g/mol. The Balaban J connectivity index is 2.16. The van der Waals surface area contributed by atoms with E-state index in [0.717, 1.165) is 0 Å². The molecule has 0 radical (unpaired) electrons. The summed E-state index contributed by atoms with van der Waals surface area (Å²) in [6.45, 7) is 1.67. The van der Waals surface area contributed by atoms with Crippen LogP contribution in [0.15, 0.2) is 36.5 Å². The summed E-state index contributed by atoms with van der Waals surface area (Å²) in [5, 5.41) is 10.1. The molecule has 0 spiro atoms. The Labute approximate surface area is 161 Å². The Bertz CT molecular complexity index is 1130. The molecular formula is C17H17ClN4O4S. The third kappa shape index (κ3) is 3.60. The molecule has 0 unspecified atom stereocenters. The standard InChI is InChI=1S/C17H17ClN4O4S/c1-3-27(25,26)21(2)13-7-5-4-6-11(13)10-22-14(16(23)24)8-12-9-19-17(18)20-15(12)22/h4-9H,3,10H2,1-2H3,(H,23,24). The van der Waals surface area contributed by atoms with Gasteiger partial charge in [-0.25, -0.2) is 18.2 Å². The number of aromatic carboxylic acids is 1. The highest BCUT2D eigenvalue weighted by molar-refractivity contribution is 7.92. The summed E-state index contributed by atoms with van der Waals surface area (Å²) in [7, 11) is -1.99. The number of benzene rings is 1.